The summed E-state index contributed by atoms with van der Waals surface area (Å²) < 4.78 is 39.5. The molecular weight excluding hydrogens is 322 g/mol. The van der Waals surface area contributed by atoms with Crippen molar-refractivity contribution >= 4 is 0 Å². The van der Waals surface area contributed by atoms with Crippen LogP contribution in [0.1, 0.15) is 51.2 Å². The van der Waals surface area contributed by atoms with Crippen molar-refractivity contribution in [3.63, 3.8) is 0 Å². The van der Waals surface area contributed by atoms with Crippen LogP contribution in [0, 0.1) is 11.6 Å². The first kappa shape index (κ1) is 17.9. The van der Waals surface area contributed by atoms with Crippen molar-refractivity contribution in [1.29, 1.82) is 0 Å². The normalized spacial score (nSPS) is 20.0. The Morgan fingerprint density at radius 1 is 1.00 bits per heavy atom. The van der Waals surface area contributed by atoms with Crippen LogP contribution in [0.5, 0.6) is 5.75 Å². The lowest BCUT2D eigenvalue weighted by atomic mass is 10.00. The molecule has 2 unspecified atom stereocenters. The minimum Gasteiger partial charge on any atom is -0.491 e. The van der Waals surface area contributed by atoms with E-state index in [0.29, 0.717) is 18.3 Å². The van der Waals surface area contributed by atoms with Gasteiger partial charge < -0.3 is 9.47 Å². The van der Waals surface area contributed by atoms with Gasteiger partial charge in [0.05, 0.1) is 18.8 Å². The van der Waals surface area contributed by atoms with Gasteiger partial charge in [-0.25, -0.2) is 4.39 Å². The van der Waals surface area contributed by atoms with E-state index in [1.54, 1.807) is 13.0 Å². The van der Waals surface area contributed by atoms with Gasteiger partial charge in [0.1, 0.15) is 0 Å². The van der Waals surface area contributed by atoms with Crippen LogP contribution in [0.2, 0.25) is 0 Å². The smallest absolute Gasteiger partial charge is 0.201 e. The Morgan fingerprint density at radius 3 is 2.44 bits per heavy atom. The monoisotopic (exact) mass is 346 g/mol. The van der Waals surface area contributed by atoms with Crippen LogP contribution in [-0.4, -0.2) is 12.7 Å². The predicted octanol–water partition coefficient (Wildman–Crippen LogP) is 6.05. The van der Waals surface area contributed by atoms with Gasteiger partial charge in [-0.1, -0.05) is 37.6 Å². The number of halogens is 2. The Bertz CT molecular complexity index is 713. The van der Waals surface area contributed by atoms with Crippen molar-refractivity contribution in [2.24, 2.45) is 0 Å². The van der Waals surface area contributed by atoms with Crippen LogP contribution in [0.4, 0.5) is 8.78 Å². The summed E-state index contributed by atoms with van der Waals surface area (Å²) in [7, 11) is 0. The largest absolute Gasteiger partial charge is 0.491 e. The molecule has 2 aromatic carbocycles. The Balaban J connectivity index is 1.78. The molecule has 2 nitrogen and oxygen atoms in total. The van der Waals surface area contributed by atoms with Gasteiger partial charge in [-0.05, 0) is 49.4 Å². The zero-order valence-electron chi connectivity index (χ0n) is 14.7. The molecule has 0 aromatic heterocycles. The van der Waals surface area contributed by atoms with E-state index in [1.807, 2.05) is 24.3 Å². The Kier molecular flexibility index (Phi) is 5.69. The predicted molar refractivity (Wildman–Crippen MR) is 94.7 cm³/mol. The fourth-order valence-corrected chi connectivity index (χ4v) is 3.38. The van der Waals surface area contributed by atoms with Crippen LogP contribution in [-0.2, 0) is 4.74 Å². The van der Waals surface area contributed by atoms with Crippen molar-refractivity contribution in [3.8, 4) is 16.9 Å². The number of benzene rings is 2. The molecule has 25 heavy (non-hydrogen) atoms. The second-order valence-electron chi connectivity index (χ2n) is 6.41. The first-order chi connectivity index (χ1) is 12.1. The SMILES string of the molecule is CCCC1CCC(c2ccc(-c3ccc(OCC)c(F)c3F)cc2)O1. The Labute approximate surface area is 147 Å². The summed E-state index contributed by atoms with van der Waals surface area (Å²) >= 11 is 0. The van der Waals surface area contributed by atoms with Gasteiger partial charge in [0.25, 0.3) is 0 Å². The second-order valence-corrected chi connectivity index (χ2v) is 6.41. The lowest BCUT2D eigenvalue weighted by Crippen LogP contribution is -2.05. The van der Waals surface area contributed by atoms with Gasteiger partial charge >= 0.3 is 0 Å². The molecule has 0 saturated carbocycles. The fourth-order valence-electron chi connectivity index (χ4n) is 3.38. The lowest BCUT2D eigenvalue weighted by Gasteiger charge is -2.14. The zero-order chi connectivity index (χ0) is 17.8. The molecule has 2 aromatic rings. The third-order valence-corrected chi connectivity index (χ3v) is 4.66. The van der Waals surface area contributed by atoms with Crippen molar-refractivity contribution in [3.05, 3.63) is 53.6 Å². The molecule has 4 heteroatoms. The van der Waals surface area contributed by atoms with E-state index in [-0.39, 0.29) is 17.4 Å². The lowest BCUT2D eigenvalue weighted by molar-refractivity contribution is 0.0397. The first-order valence-electron chi connectivity index (χ1n) is 9.00. The molecule has 1 fully saturated rings. The van der Waals surface area contributed by atoms with Crippen LogP contribution in [0.25, 0.3) is 11.1 Å². The number of hydrogen-bond donors (Lipinski definition) is 0. The molecule has 0 N–H and O–H groups in total. The molecule has 0 radical (unpaired) electrons. The highest BCUT2D eigenvalue weighted by Crippen LogP contribution is 2.36. The van der Waals surface area contributed by atoms with E-state index < -0.39 is 11.6 Å². The Morgan fingerprint density at radius 2 is 1.76 bits per heavy atom. The summed E-state index contributed by atoms with van der Waals surface area (Å²) in [6.45, 7) is 4.20. The summed E-state index contributed by atoms with van der Waals surface area (Å²) in [5.41, 5.74) is 1.98. The topological polar surface area (TPSA) is 18.5 Å². The van der Waals surface area contributed by atoms with E-state index in [2.05, 4.69) is 6.92 Å². The van der Waals surface area contributed by atoms with Crippen molar-refractivity contribution in [1.82, 2.24) is 0 Å². The van der Waals surface area contributed by atoms with E-state index in [9.17, 15) is 8.78 Å². The number of hydrogen-bond acceptors (Lipinski definition) is 2. The minimum atomic E-state index is -0.940. The first-order valence-corrected chi connectivity index (χ1v) is 9.00. The average molecular weight is 346 g/mol. The van der Waals surface area contributed by atoms with Gasteiger partial charge in [-0.2, -0.15) is 4.39 Å². The van der Waals surface area contributed by atoms with Crippen LogP contribution in [0.3, 0.4) is 0 Å². The van der Waals surface area contributed by atoms with Crippen molar-refractivity contribution in [2.75, 3.05) is 6.61 Å². The van der Waals surface area contributed by atoms with E-state index in [4.69, 9.17) is 9.47 Å². The van der Waals surface area contributed by atoms with Gasteiger partial charge in [0.15, 0.2) is 11.6 Å². The molecule has 3 rings (SSSR count). The molecule has 1 aliphatic rings. The molecular formula is C21H24F2O2. The molecule has 1 heterocycles. The molecule has 2 atom stereocenters. The summed E-state index contributed by atoms with van der Waals surface area (Å²) in [5.74, 6) is -1.87. The van der Waals surface area contributed by atoms with Crippen LogP contribution >= 0.6 is 0 Å². The molecule has 0 amide bonds. The van der Waals surface area contributed by atoms with E-state index in [1.165, 1.54) is 6.07 Å². The van der Waals surface area contributed by atoms with Crippen LogP contribution in [0.15, 0.2) is 36.4 Å². The summed E-state index contributed by atoms with van der Waals surface area (Å²) in [6, 6.07) is 10.6. The molecule has 1 aliphatic heterocycles. The number of ether oxygens (including phenoxy) is 2. The minimum absolute atomic E-state index is 0.0540. The summed E-state index contributed by atoms with van der Waals surface area (Å²) in [4.78, 5) is 0. The maximum atomic E-state index is 14.3. The van der Waals surface area contributed by atoms with E-state index >= 15 is 0 Å². The third-order valence-electron chi connectivity index (χ3n) is 4.66. The molecule has 134 valence electrons. The molecule has 0 aliphatic carbocycles. The van der Waals surface area contributed by atoms with Crippen molar-refractivity contribution in [2.45, 2.75) is 51.7 Å². The highest BCUT2D eigenvalue weighted by molar-refractivity contribution is 5.65. The van der Waals surface area contributed by atoms with Gasteiger partial charge in [-0.3, -0.25) is 0 Å². The molecule has 0 spiro atoms. The average Bonchev–Trinajstić information content (AvgIpc) is 3.09. The zero-order valence-corrected chi connectivity index (χ0v) is 14.7. The van der Waals surface area contributed by atoms with Gasteiger partial charge in [0, 0.05) is 5.56 Å². The fraction of sp³-hybridized carbons (Fsp3) is 0.429. The van der Waals surface area contributed by atoms with Gasteiger partial charge in [0.2, 0.25) is 5.82 Å². The highest BCUT2D eigenvalue weighted by Gasteiger charge is 2.25. The standard InChI is InChI=1S/C21H24F2O2/c1-3-5-16-10-12-18(25-16)15-8-6-14(7-9-15)17-11-13-19(24-4-2)21(23)20(17)22/h6-9,11,13,16,18H,3-5,10,12H2,1-2H3. The quantitative estimate of drug-likeness (QED) is 0.634. The van der Waals surface area contributed by atoms with Crippen LogP contribution < -0.4 is 4.74 Å². The van der Waals surface area contributed by atoms with E-state index in [0.717, 1.165) is 31.2 Å². The summed E-state index contributed by atoms with van der Waals surface area (Å²) in [6.07, 6.45) is 4.75. The maximum absolute atomic E-state index is 14.3. The maximum Gasteiger partial charge on any atom is 0.201 e. The highest BCUT2D eigenvalue weighted by atomic mass is 19.2. The molecule has 1 saturated heterocycles. The van der Waals surface area contributed by atoms with Gasteiger partial charge in [-0.15, -0.1) is 0 Å². The second kappa shape index (κ2) is 7.96. The number of rotatable bonds is 6. The summed E-state index contributed by atoms with van der Waals surface area (Å²) in [5, 5.41) is 0. The Hall–Kier alpha value is -1.94. The third kappa shape index (κ3) is 3.84. The van der Waals surface area contributed by atoms with Crippen molar-refractivity contribution < 1.29 is 18.3 Å². The molecule has 0 bridgehead atoms.